The fourth-order valence-electron chi connectivity index (χ4n) is 2.84. The molecule has 2 aromatic carbocycles. The number of nitrogens with zero attached hydrogens (tertiary/aromatic N) is 1. The van der Waals surface area contributed by atoms with Gasteiger partial charge in [-0.3, -0.25) is 4.79 Å². The quantitative estimate of drug-likeness (QED) is 0.451. The molecule has 0 aliphatic rings. The lowest BCUT2D eigenvalue weighted by molar-refractivity contribution is -0.115. The van der Waals surface area contributed by atoms with Crippen LogP contribution in [0.2, 0.25) is 0 Å². The van der Waals surface area contributed by atoms with Crippen molar-refractivity contribution >= 4 is 56.6 Å². The van der Waals surface area contributed by atoms with Gasteiger partial charge in [-0.15, -0.1) is 11.3 Å². The number of aryl methyl sites for hydroxylation is 1. The van der Waals surface area contributed by atoms with Crippen LogP contribution in [0.25, 0.3) is 21.9 Å². The van der Waals surface area contributed by atoms with E-state index in [0.29, 0.717) is 17.0 Å². The monoisotopic (exact) mass is 398 g/mol. The molecule has 2 aromatic heterocycles. The topological polar surface area (TPSA) is 64.4 Å². The number of thiazole rings is 1. The number of carbonyl (C=O) groups excluding carboxylic acids is 1. The van der Waals surface area contributed by atoms with Gasteiger partial charge in [0, 0.05) is 27.9 Å². The molecule has 0 saturated heterocycles. The van der Waals surface area contributed by atoms with Crippen molar-refractivity contribution in [2.75, 3.05) is 12.4 Å². The van der Waals surface area contributed by atoms with Crippen LogP contribution in [0.4, 0.5) is 5.69 Å². The number of benzene rings is 2. The van der Waals surface area contributed by atoms with Crippen LogP contribution in [-0.2, 0) is 4.79 Å². The molecule has 138 valence electrons. The maximum Gasteiger partial charge on any atom is 0.237 e. The van der Waals surface area contributed by atoms with Gasteiger partial charge in [0.1, 0.15) is 16.9 Å². The van der Waals surface area contributed by atoms with Crippen molar-refractivity contribution < 1.29 is 13.9 Å². The van der Waals surface area contributed by atoms with Crippen molar-refractivity contribution in [1.82, 2.24) is 4.98 Å². The van der Waals surface area contributed by atoms with E-state index in [1.165, 1.54) is 11.8 Å². The predicted octanol–water partition coefficient (Wildman–Crippen LogP) is 5.48. The van der Waals surface area contributed by atoms with Gasteiger partial charge in [-0.25, -0.2) is 4.98 Å². The molecule has 1 atom stereocenters. The van der Waals surface area contributed by atoms with Gasteiger partial charge in [0.2, 0.25) is 5.91 Å². The minimum atomic E-state index is -0.286. The number of methoxy groups -OCH3 is 1. The molecule has 4 aromatic rings. The average molecular weight is 399 g/mol. The fraction of sp³-hybridized carbons (Fsp3) is 0.200. The standard InChI is InChI=1S/C20H18N2O3S2/c1-11-10-26-20(21-11)27-12(2)19(23)22-15-9-17-14(8-18(15)24-3)13-6-4-5-7-16(13)25-17/h4-10,12H,1-3H3,(H,22,23). The molecular formula is C20H18N2O3S2. The predicted molar refractivity (Wildman–Crippen MR) is 111 cm³/mol. The summed E-state index contributed by atoms with van der Waals surface area (Å²) in [6.45, 7) is 3.81. The number of hydrogen-bond donors (Lipinski definition) is 1. The largest absolute Gasteiger partial charge is 0.495 e. The van der Waals surface area contributed by atoms with E-state index >= 15 is 0 Å². The van der Waals surface area contributed by atoms with Crippen molar-refractivity contribution in [3.8, 4) is 5.75 Å². The Morgan fingerprint density at radius 1 is 1.26 bits per heavy atom. The Bertz CT molecular complexity index is 1130. The summed E-state index contributed by atoms with van der Waals surface area (Å²) in [6, 6.07) is 11.6. The lowest BCUT2D eigenvalue weighted by Crippen LogP contribution is -2.22. The zero-order chi connectivity index (χ0) is 19.0. The number of ether oxygens (including phenoxy) is 1. The van der Waals surface area contributed by atoms with Crippen LogP contribution in [0.1, 0.15) is 12.6 Å². The van der Waals surface area contributed by atoms with E-state index in [-0.39, 0.29) is 11.2 Å². The fourth-order valence-corrected chi connectivity index (χ4v) is 4.83. The summed E-state index contributed by atoms with van der Waals surface area (Å²) in [5.41, 5.74) is 3.08. The van der Waals surface area contributed by atoms with Gasteiger partial charge >= 0.3 is 0 Å². The number of hydrogen-bond acceptors (Lipinski definition) is 6. The van der Waals surface area contributed by atoms with Gasteiger partial charge < -0.3 is 14.5 Å². The number of carbonyl (C=O) groups is 1. The van der Waals surface area contributed by atoms with E-state index in [4.69, 9.17) is 9.15 Å². The Hall–Kier alpha value is -2.51. The number of rotatable bonds is 5. The molecule has 0 radical (unpaired) electrons. The number of anilines is 1. The molecule has 1 amide bonds. The second kappa shape index (κ2) is 7.25. The molecule has 4 rings (SSSR count). The van der Waals surface area contributed by atoms with Crippen LogP contribution < -0.4 is 10.1 Å². The van der Waals surface area contributed by atoms with Gasteiger partial charge in [-0.05, 0) is 26.0 Å². The van der Waals surface area contributed by atoms with E-state index in [9.17, 15) is 4.79 Å². The number of amides is 1. The Morgan fingerprint density at radius 2 is 2.07 bits per heavy atom. The zero-order valence-electron chi connectivity index (χ0n) is 15.1. The first-order valence-corrected chi connectivity index (χ1v) is 10.2. The Kier molecular flexibility index (Phi) is 4.80. The van der Waals surface area contributed by atoms with Crippen molar-refractivity contribution in [2.45, 2.75) is 23.4 Å². The summed E-state index contributed by atoms with van der Waals surface area (Å²) in [7, 11) is 1.59. The lowest BCUT2D eigenvalue weighted by Gasteiger charge is -2.13. The van der Waals surface area contributed by atoms with E-state index < -0.39 is 0 Å². The molecule has 0 spiro atoms. The highest BCUT2D eigenvalue weighted by Crippen LogP contribution is 2.37. The smallest absolute Gasteiger partial charge is 0.237 e. The van der Waals surface area contributed by atoms with E-state index in [0.717, 1.165) is 26.4 Å². The molecule has 0 fully saturated rings. The highest BCUT2D eigenvalue weighted by atomic mass is 32.2. The van der Waals surface area contributed by atoms with Gasteiger partial charge in [0.05, 0.1) is 18.0 Å². The van der Waals surface area contributed by atoms with Crippen molar-refractivity contribution in [3.05, 3.63) is 47.5 Å². The number of fused-ring (bicyclic) bond motifs is 3. The van der Waals surface area contributed by atoms with Gasteiger partial charge in [-0.2, -0.15) is 0 Å². The van der Waals surface area contributed by atoms with Crippen LogP contribution in [0, 0.1) is 6.92 Å². The summed E-state index contributed by atoms with van der Waals surface area (Å²) in [6.07, 6.45) is 0. The number of furan rings is 1. The molecule has 2 heterocycles. The van der Waals surface area contributed by atoms with E-state index in [1.54, 1.807) is 18.4 Å². The molecule has 1 N–H and O–H groups in total. The molecule has 5 nitrogen and oxygen atoms in total. The normalized spacial score (nSPS) is 12.4. The second-order valence-corrected chi connectivity index (χ2v) is 8.60. The van der Waals surface area contributed by atoms with Crippen molar-refractivity contribution in [2.24, 2.45) is 0 Å². The molecule has 0 aliphatic heterocycles. The SMILES string of the molecule is COc1cc2c(cc1NC(=O)C(C)Sc1nc(C)cs1)oc1ccccc12. The molecule has 0 bridgehead atoms. The third-order valence-corrected chi connectivity index (χ3v) is 6.39. The Balaban J connectivity index is 1.62. The summed E-state index contributed by atoms with van der Waals surface area (Å²) in [5, 5.41) is 6.63. The minimum Gasteiger partial charge on any atom is -0.495 e. The minimum absolute atomic E-state index is 0.110. The van der Waals surface area contributed by atoms with Gasteiger partial charge in [-0.1, -0.05) is 30.0 Å². The third-order valence-electron chi connectivity index (χ3n) is 4.20. The van der Waals surface area contributed by atoms with Crippen molar-refractivity contribution in [3.63, 3.8) is 0 Å². The highest BCUT2D eigenvalue weighted by molar-refractivity contribution is 8.02. The average Bonchev–Trinajstić information content (AvgIpc) is 3.23. The maximum absolute atomic E-state index is 12.7. The summed E-state index contributed by atoms with van der Waals surface area (Å²) >= 11 is 2.99. The first-order chi connectivity index (χ1) is 13.0. The van der Waals surface area contributed by atoms with Crippen LogP contribution in [0.3, 0.4) is 0 Å². The number of nitrogens with one attached hydrogen (secondary N) is 1. The molecule has 7 heteroatoms. The van der Waals surface area contributed by atoms with Gasteiger partial charge in [0.15, 0.2) is 4.34 Å². The number of para-hydroxylation sites is 1. The Morgan fingerprint density at radius 3 is 2.81 bits per heavy atom. The van der Waals surface area contributed by atoms with Crippen LogP contribution in [-0.4, -0.2) is 23.3 Å². The van der Waals surface area contributed by atoms with Crippen LogP contribution in [0.15, 0.2) is 50.5 Å². The van der Waals surface area contributed by atoms with E-state index in [2.05, 4.69) is 10.3 Å². The summed E-state index contributed by atoms with van der Waals surface area (Å²) < 4.78 is 12.3. The first-order valence-electron chi connectivity index (χ1n) is 8.44. The Labute approximate surface area is 164 Å². The summed E-state index contributed by atoms with van der Waals surface area (Å²) in [5.74, 6) is 0.492. The zero-order valence-corrected chi connectivity index (χ0v) is 16.7. The number of aromatic nitrogens is 1. The lowest BCUT2D eigenvalue weighted by atomic mass is 10.1. The molecule has 27 heavy (non-hydrogen) atoms. The molecular weight excluding hydrogens is 380 g/mol. The molecule has 0 saturated carbocycles. The van der Waals surface area contributed by atoms with Crippen LogP contribution >= 0.6 is 23.1 Å². The van der Waals surface area contributed by atoms with Gasteiger partial charge in [0.25, 0.3) is 0 Å². The van der Waals surface area contributed by atoms with E-state index in [1.807, 2.05) is 55.6 Å². The third kappa shape index (κ3) is 3.52. The second-order valence-electron chi connectivity index (χ2n) is 6.15. The number of thioether (sulfide) groups is 1. The van der Waals surface area contributed by atoms with Crippen LogP contribution in [0.5, 0.6) is 5.75 Å². The summed E-state index contributed by atoms with van der Waals surface area (Å²) in [4.78, 5) is 17.1. The highest BCUT2D eigenvalue weighted by Gasteiger charge is 2.19. The van der Waals surface area contributed by atoms with Crippen molar-refractivity contribution in [1.29, 1.82) is 0 Å². The molecule has 0 aliphatic carbocycles. The maximum atomic E-state index is 12.7. The molecule has 1 unspecified atom stereocenters. The first kappa shape index (κ1) is 17.9.